The fourth-order valence-electron chi connectivity index (χ4n) is 2.29. The second-order valence-corrected chi connectivity index (χ2v) is 8.18. The fraction of sp³-hybridized carbons (Fsp3) is 0.125. The highest BCUT2D eigenvalue weighted by molar-refractivity contribution is 7.99. The van der Waals surface area contributed by atoms with Crippen LogP contribution in [0.1, 0.15) is 0 Å². The molecule has 0 radical (unpaired) electrons. The first-order valence-corrected chi connectivity index (χ1v) is 10.1. The van der Waals surface area contributed by atoms with Crippen molar-refractivity contribution in [2.75, 3.05) is 11.8 Å². The zero-order chi connectivity index (χ0) is 20.3. The lowest BCUT2D eigenvalue weighted by Crippen LogP contribution is -2.15. The fourth-order valence-corrected chi connectivity index (χ4v) is 4.48. The van der Waals surface area contributed by atoms with Gasteiger partial charge < -0.3 is 9.30 Å². The standard InChI is InChI=1S/C16H15N5O5S2/c1-20-10-17-18-16(20)27-14-6-4-3-5-12(14)19-28(24,25)15-9-11(21(22)23)7-8-13(15)26-2/h3-10,19H,1-2H3. The van der Waals surface area contributed by atoms with Crippen LogP contribution in [0.15, 0.2) is 63.7 Å². The van der Waals surface area contributed by atoms with Gasteiger partial charge in [-0.05, 0) is 30.0 Å². The Morgan fingerprint density at radius 1 is 1.25 bits per heavy atom. The van der Waals surface area contributed by atoms with Crippen molar-refractivity contribution in [3.63, 3.8) is 0 Å². The van der Waals surface area contributed by atoms with Crippen molar-refractivity contribution >= 4 is 33.2 Å². The number of anilines is 1. The summed E-state index contributed by atoms with van der Waals surface area (Å²) < 4.78 is 35.1. The molecule has 3 rings (SSSR count). The summed E-state index contributed by atoms with van der Waals surface area (Å²) in [6.45, 7) is 0. The second kappa shape index (κ2) is 7.86. The van der Waals surface area contributed by atoms with Crippen LogP contribution in [0.25, 0.3) is 0 Å². The number of rotatable bonds is 7. The molecule has 146 valence electrons. The number of nitro benzene ring substituents is 1. The Bertz CT molecular complexity index is 1130. The van der Waals surface area contributed by atoms with Crippen molar-refractivity contribution in [2.24, 2.45) is 7.05 Å². The smallest absolute Gasteiger partial charge is 0.271 e. The van der Waals surface area contributed by atoms with Crippen molar-refractivity contribution in [2.45, 2.75) is 14.9 Å². The largest absolute Gasteiger partial charge is 0.495 e. The minimum absolute atomic E-state index is 0.00321. The van der Waals surface area contributed by atoms with E-state index in [2.05, 4.69) is 14.9 Å². The molecule has 0 saturated carbocycles. The zero-order valence-corrected chi connectivity index (χ0v) is 16.4. The van der Waals surface area contributed by atoms with Crippen LogP contribution in [0, 0.1) is 10.1 Å². The first kappa shape index (κ1) is 19.6. The van der Waals surface area contributed by atoms with Crippen LogP contribution in [-0.2, 0) is 17.1 Å². The Kier molecular flexibility index (Phi) is 5.51. The Labute approximate surface area is 164 Å². The van der Waals surface area contributed by atoms with Crippen molar-refractivity contribution < 1.29 is 18.1 Å². The van der Waals surface area contributed by atoms with E-state index in [4.69, 9.17) is 4.74 Å². The normalized spacial score (nSPS) is 11.2. The van der Waals surface area contributed by atoms with Crippen LogP contribution < -0.4 is 9.46 Å². The van der Waals surface area contributed by atoms with Crippen LogP contribution >= 0.6 is 11.8 Å². The lowest BCUT2D eigenvalue weighted by Gasteiger charge is -2.14. The van der Waals surface area contributed by atoms with Crippen LogP contribution in [0.4, 0.5) is 11.4 Å². The molecule has 3 aromatic rings. The molecule has 1 heterocycles. The van der Waals surface area contributed by atoms with Crippen molar-refractivity contribution in [3.8, 4) is 5.75 Å². The molecule has 0 saturated heterocycles. The SMILES string of the molecule is COc1ccc([N+](=O)[O-])cc1S(=O)(=O)Nc1ccccc1Sc1nncn1C. The molecule has 1 N–H and O–H groups in total. The molecular formula is C16H15N5O5S2. The predicted molar refractivity (Wildman–Crippen MR) is 102 cm³/mol. The van der Waals surface area contributed by atoms with E-state index in [-0.39, 0.29) is 16.3 Å². The number of para-hydroxylation sites is 1. The molecule has 0 atom stereocenters. The first-order chi connectivity index (χ1) is 13.3. The Balaban J connectivity index is 1.99. The van der Waals surface area contributed by atoms with Gasteiger partial charge >= 0.3 is 0 Å². The molecular weight excluding hydrogens is 406 g/mol. The van der Waals surface area contributed by atoms with Gasteiger partial charge in [0.1, 0.15) is 17.0 Å². The average molecular weight is 421 g/mol. The summed E-state index contributed by atoms with van der Waals surface area (Å²) in [5.41, 5.74) is -0.0630. The number of ether oxygens (including phenoxy) is 1. The van der Waals surface area contributed by atoms with Gasteiger partial charge in [-0.2, -0.15) is 0 Å². The maximum Gasteiger partial charge on any atom is 0.271 e. The maximum atomic E-state index is 12.9. The van der Waals surface area contributed by atoms with Crippen molar-refractivity contribution in [1.82, 2.24) is 14.8 Å². The minimum Gasteiger partial charge on any atom is -0.495 e. The number of aromatic nitrogens is 3. The van der Waals surface area contributed by atoms with E-state index in [1.54, 1.807) is 35.9 Å². The third kappa shape index (κ3) is 4.07. The molecule has 10 nitrogen and oxygen atoms in total. The van der Waals surface area contributed by atoms with Gasteiger partial charge in [-0.25, -0.2) is 8.42 Å². The molecule has 0 bridgehead atoms. The molecule has 0 spiro atoms. The van der Waals surface area contributed by atoms with Gasteiger partial charge in [0.2, 0.25) is 0 Å². The van der Waals surface area contributed by atoms with E-state index >= 15 is 0 Å². The minimum atomic E-state index is -4.16. The highest BCUT2D eigenvalue weighted by Gasteiger charge is 2.24. The van der Waals surface area contributed by atoms with E-state index in [0.29, 0.717) is 15.7 Å². The Morgan fingerprint density at radius 3 is 2.64 bits per heavy atom. The molecule has 0 aliphatic carbocycles. The topological polar surface area (TPSA) is 129 Å². The highest BCUT2D eigenvalue weighted by atomic mass is 32.2. The average Bonchev–Trinajstić information content (AvgIpc) is 3.07. The van der Waals surface area contributed by atoms with E-state index in [9.17, 15) is 18.5 Å². The molecule has 0 unspecified atom stereocenters. The number of benzene rings is 2. The van der Waals surface area contributed by atoms with Gasteiger partial charge in [0, 0.05) is 24.1 Å². The van der Waals surface area contributed by atoms with Gasteiger partial charge in [-0.1, -0.05) is 12.1 Å². The quantitative estimate of drug-likeness (QED) is 0.455. The number of aryl methyl sites for hydroxylation is 1. The van der Waals surface area contributed by atoms with Crippen LogP contribution in [-0.4, -0.2) is 35.2 Å². The number of nitrogens with zero attached hydrogens (tertiary/aromatic N) is 4. The summed E-state index contributed by atoms with van der Waals surface area (Å²) in [5.74, 6) is -0.00321. The number of nitro groups is 1. The molecule has 0 fully saturated rings. The summed E-state index contributed by atoms with van der Waals surface area (Å²) in [7, 11) is -1.10. The van der Waals surface area contributed by atoms with Crippen LogP contribution in [0.5, 0.6) is 5.75 Å². The first-order valence-electron chi connectivity index (χ1n) is 7.78. The maximum absolute atomic E-state index is 12.9. The van der Waals surface area contributed by atoms with Crippen LogP contribution in [0.2, 0.25) is 0 Å². The molecule has 2 aromatic carbocycles. The van der Waals surface area contributed by atoms with Crippen molar-refractivity contribution in [1.29, 1.82) is 0 Å². The third-order valence-electron chi connectivity index (χ3n) is 3.65. The van der Waals surface area contributed by atoms with E-state index in [1.165, 1.54) is 37.3 Å². The number of sulfonamides is 1. The Morgan fingerprint density at radius 2 is 2.00 bits per heavy atom. The van der Waals surface area contributed by atoms with Gasteiger partial charge in [0.25, 0.3) is 15.7 Å². The summed E-state index contributed by atoms with van der Waals surface area (Å²) in [4.78, 5) is 10.6. The van der Waals surface area contributed by atoms with E-state index in [0.717, 1.165) is 6.07 Å². The van der Waals surface area contributed by atoms with E-state index < -0.39 is 14.9 Å². The third-order valence-corrected chi connectivity index (χ3v) is 6.16. The van der Waals surface area contributed by atoms with Gasteiger partial charge in [0.05, 0.1) is 17.7 Å². The lowest BCUT2D eigenvalue weighted by molar-refractivity contribution is -0.385. The van der Waals surface area contributed by atoms with Gasteiger partial charge in [-0.15, -0.1) is 10.2 Å². The van der Waals surface area contributed by atoms with Crippen LogP contribution in [0.3, 0.4) is 0 Å². The highest BCUT2D eigenvalue weighted by Crippen LogP contribution is 2.35. The zero-order valence-electron chi connectivity index (χ0n) is 14.8. The van der Waals surface area contributed by atoms with Gasteiger partial charge in [0.15, 0.2) is 5.16 Å². The monoisotopic (exact) mass is 421 g/mol. The molecule has 0 aliphatic heterocycles. The molecule has 12 heteroatoms. The number of hydrogen-bond donors (Lipinski definition) is 1. The number of methoxy groups -OCH3 is 1. The summed E-state index contributed by atoms with van der Waals surface area (Å²) >= 11 is 1.22. The number of hydrogen-bond acceptors (Lipinski definition) is 8. The van der Waals surface area contributed by atoms with E-state index in [1.807, 2.05) is 0 Å². The summed E-state index contributed by atoms with van der Waals surface area (Å²) in [5, 5.41) is 19.4. The predicted octanol–water partition coefficient (Wildman–Crippen LogP) is 2.68. The molecule has 0 aliphatic rings. The second-order valence-electron chi connectivity index (χ2n) is 5.52. The summed E-state index contributed by atoms with van der Waals surface area (Å²) in [6.07, 6.45) is 1.53. The van der Waals surface area contributed by atoms with Gasteiger partial charge in [-0.3, -0.25) is 14.8 Å². The van der Waals surface area contributed by atoms with Crippen molar-refractivity contribution in [3.05, 3.63) is 58.9 Å². The lowest BCUT2D eigenvalue weighted by atomic mass is 10.3. The molecule has 0 amide bonds. The number of nitrogens with one attached hydrogen (secondary N) is 1. The Hall–Kier alpha value is -3.12. The number of non-ortho nitro benzene ring substituents is 1. The molecule has 1 aromatic heterocycles. The summed E-state index contributed by atoms with van der Waals surface area (Å²) in [6, 6.07) is 10.1. The molecule has 28 heavy (non-hydrogen) atoms.